The van der Waals surface area contributed by atoms with Crippen LogP contribution in [0.25, 0.3) is 6.08 Å². The van der Waals surface area contributed by atoms with Gasteiger partial charge in [0.05, 0.1) is 32.9 Å². The van der Waals surface area contributed by atoms with Crippen molar-refractivity contribution in [3.8, 4) is 5.75 Å². The van der Waals surface area contributed by atoms with E-state index in [1.807, 2.05) is 30.5 Å². The molecule has 0 saturated carbocycles. The second-order valence-corrected chi connectivity index (χ2v) is 10.6. The topological polar surface area (TPSA) is 87.0 Å². The van der Waals surface area contributed by atoms with E-state index in [9.17, 15) is 14.4 Å². The summed E-state index contributed by atoms with van der Waals surface area (Å²) in [6, 6.07) is 12.3. The molecule has 10 heteroatoms. The Labute approximate surface area is 224 Å². The first-order chi connectivity index (χ1) is 17.2. The maximum Gasteiger partial charge on any atom is 0.338 e. The molecule has 0 saturated heterocycles. The maximum absolute atomic E-state index is 13.7. The van der Waals surface area contributed by atoms with E-state index in [1.165, 1.54) is 18.3 Å². The van der Waals surface area contributed by atoms with Crippen molar-refractivity contribution in [2.45, 2.75) is 31.7 Å². The van der Waals surface area contributed by atoms with Gasteiger partial charge in [0.15, 0.2) is 4.80 Å². The molecular formula is C26H23BrN2O5S2. The first kappa shape index (κ1) is 26.1. The summed E-state index contributed by atoms with van der Waals surface area (Å²) in [7, 11) is 0. The lowest BCUT2D eigenvalue weighted by molar-refractivity contribution is -0.139. The highest BCUT2D eigenvalue weighted by atomic mass is 79.9. The van der Waals surface area contributed by atoms with Crippen LogP contribution >= 0.6 is 39.0 Å². The number of allylic oxidation sites excluding steroid dienone is 1. The van der Waals surface area contributed by atoms with Gasteiger partial charge in [0.2, 0.25) is 0 Å². The predicted molar refractivity (Wildman–Crippen MR) is 144 cm³/mol. The van der Waals surface area contributed by atoms with E-state index in [0.717, 1.165) is 16.0 Å². The van der Waals surface area contributed by atoms with Crippen LogP contribution in [0, 0.1) is 0 Å². The van der Waals surface area contributed by atoms with Gasteiger partial charge < -0.3 is 9.47 Å². The van der Waals surface area contributed by atoms with Crippen LogP contribution in [0.15, 0.2) is 72.9 Å². The second kappa shape index (κ2) is 11.0. The molecule has 0 amide bonds. The monoisotopic (exact) mass is 586 g/mol. The third kappa shape index (κ3) is 5.25. The highest BCUT2D eigenvalue weighted by molar-refractivity contribution is 9.10. The van der Waals surface area contributed by atoms with Crippen molar-refractivity contribution in [2.24, 2.45) is 4.99 Å². The number of nitrogens with zero attached hydrogens (tertiary/aromatic N) is 2. The second-order valence-electron chi connectivity index (χ2n) is 7.86. The Kier molecular flexibility index (Phi) is 7.97. The number of rotatable bonds is 6. The number of esters is 2. The molecule has 4 rings (SSSR count). The van der Waals surface area contributed by atoms with Crippen molar-refractivity contribution < 1.29 is 19.1 Å². The van der Waals surface area contributed by atoms with Gasteiger partial charge in [-0.15, -0.1) is 11.8 Å². The molecule has 186 valence electrons. The molecule has 1 atom stereocenters. The fourth-order valence-corrected chi connectivity index (χ4v) is 5.82. The van der Waals surface area contributed by atoms with Crippen molar-refractivity contribution in [1.29, 1.82) is 0 Å². The van der Waals surface area contributed by atoms with Gasteiger partial charge in [-0.25, -0.2) is 9.79 Å². The lowest BCUT2D eigenvalue weighted by atomic mass is 9.96. The zero-order valence-electron chi connectivity index (χ0n) is 20.0. The van der Waals surface area contributed by atoms with Gasteiger partial charge in [0, 0.05) is 11.8 Å². The predicted octanol–water partition coefficient (Wildman–Crippen LogP) is 4.21. The maximum atomic E-state index is 13.7. The molecule has 0 spiro atoms. The van der Waals surface area contributed by atoms with E-state index in [1.54, 1.807) is 54.5 Å². The first-order valence-electron chi connectivity index (χ1n) is 11.0. The molecule has 2 heterocycles. The molecule has 1 aliphatic heterocycles. The van der Waals surface area contributed by atoms with Crippen LogP contribution in [0.2, 0.25) is 0 Å². The van der Waals surface area contributed by atoms with Crippen molar-refractivity contribution in [3.05, 3.63) is 89.0 Å². The van der Waals surface area contributed by atoms with Crippen molar-refractivity contribution >= 4 is 57.0 Å². The molecule has 0 N–H and O–H groups in total. The lowest BCUT2D eigenvalue weighted by Crippen LogP contribution is -2.39. The highest BCUT2D eigenvalue weighted by Crippen LogP contribution is 2.32. The molecule has 0 aliphatic carbocycles. The van der Waals surface area contributed by atoms with Crippen LogP contribution in [0.5, 0.6) is 5.75 Å². The van der Waals surface area contributed by atoms with Gasteiger partial charge in [0.25, 0.3) is 5.56 Å². The minimum atomic E-state index is -0.656. The quantitative estimate of drug-likeness (QED) is 0.244. The number of halogens is 1. The summed E-state index contributed by atoms with van der Waals surface area (Å²) < 4.78 is 13.1. The van der Waals surface area contributed by atoms with Gasteiger partial charge in [-0.1, -0.05) is 29.5 Å². The number of hydrogen-bond acceptors (Lipinski definition) is 8. The Morgan fingerprint density at radius 3 is 2.56 bits per heavy atom. The van der Waals surface area contributed by atoms with E-state index < -0.39 is 18.0 Å². The molecule has 0 unspecified atom stereocenters. The summed E-state index contributed by atoms with van der Waals surface area (Å²) in [5.41, 5.74) is 2.15. The third-order valence-corrected chi connectivity index (χ3v) is 7.80. The summed E-state index contributed by atoms with van der Waals surface area (Å²) in [4.78, 5) is 44.1. The van der Waals surface area contributed by atoms with E-state index in [2.05, 4.69) is 20.9 Å². The molecule has 1 aliphatic rings. The van der Waals surface area contributed by atoms with Crippen LogP contribution in [-0.2, 0) is 14.3 Å². The largest absolute Gasteiger partial charge is 0.463 e. The van der Waals surface area contributed by atoms with Gasteiger partial charge in [-0.2, -0.15) is 0 Å². The minimum Gasteiger partial charge on any atom is -0.463 e. The molecule has 2 aromatic carbocycles. The van der Waals surface area contributed by atoms with Crippen molar-refractivity contribution in [1.82, 2.24) is 4.57 Å². The number of aromatic nitrogens is 1. The van der Waals surface area contributed by atoms with E-state index in [4.69, 9.17) is 9.47 Å². The molecule has 7 nitrogen and oxygen atoms in total. The summed E-state index contributed by atoms with van der Waals surface area (Å²) in [6.45, 7) is 5.06. The number of benzene rings is 2. The fraction of sp³-hybridized carbons (Fsp3) is 0.231. The Bertz CT molecular complexity index is 1550. The Morgan fingerprint density at radius 2 is 1.94 bits per heavy atom. The zero-order chi connectivity index (χ0) is 26.0. The Hall–Kier alpha value is -2.95. The van der Waals surface area contributed by atoms with Crippen molar-refractivity contribution in [2.75, 3.05) is 12.9 Å². The third-order valence-electron chi connectivity index (χ3n) is 5.46. The summed E-state index contributed by atoms with van der Waals surface area (Å²) in [6.07, 6.45) is 3.74. The van der Waals surface area contributed by atoms with Crippen LogP contribution in [0.4, 0.5) is 0 Å². The van der Waals surface area contributed by atoms with Crippen LogP contribution in [0.1, 0.15) is 37.9 Å². The summed E-state index contributed by atoms with van der Waals surface area (Å²) in [5, 5.41) is 0. The molecule has 0 bridgehead atoms. The zero-order valence-corrected chi connectivity index (χ0v) is 23.3. The number of carbonyl (C=O) groups is 2. The summed E-state index contributed by atoms with van der Waals surface area (Å²) >= 11 is 6.27. The number of hydrogen-bond donors (Lipinski definition) is 0. The number of thioether (sulfide) groups is 1. The minimum absolute atomic E-state index is 0.219. The Balaban J connectivity index is 1.87. The number of ether oxygens (including phenoxy) is 2. The van der Waals surface area contributed by atoms with Crippen LogP contribution in [0.3, 0.4) is 0 Å². The Morgan fingerprint density at radius 1 is 1.22 bits per heavy atom. The normalized spacial score (nSPS) is 15.4. The molecule has 36 heavy (non-hydrogen) atoms. The van der Waals surface area contributed by atoms with E-state index >= 15 is 0 Å². The van der Waals surface area contributed by atoms with Gasteiger partial charge in [-0.05, 0) is 77.5 Å². The highest BCUT2D eigenvalue weighted by Gasteiger charge is 2.33. The standard InChI is InChI=1S/C26H23BrN2O5S2/c1-5-33-25(32)22-14(2)28-26-29(23(22)17-7-9-18(35-4)10-8-17)24(31)21(36-26)13-16-6-11-20(19(27)12-16)34-15(3)30/h6-13,23H,5H2,1-4H3/b21-13-/t23-/m0/s1. The average Bonchev–Trinajstić information content (AvgIpc) is 3.14. The lowest BCUT2D eigenvalue weighted by Gasteiger charge is -2.24. The van der Waals surface area contributed by atoms with Crippen LogP contribution in [-0.4, -0.2) is 29.4 Å². The molecule has 0 fully saturated rings. The molecule has 0 radical (unpaired) electrons. The SMILES string of the molecule is CCOC(=O)C1=C(C)N=c2s/c(=C\c3ccc(OC(C)=O)c(Br)c3)c(=O)n2[C@H]1c1ccc(SC)cc1. The number of carbonyl (C=O) groups excluding carboxylic acids is 2. The fourth-order valence-electron chi connectivity index (χ4n) is 3.89. The average molecular weight is 588 g/mol. The van der Waals surface area contributed by atoms with Gasteiger partial charge in [0.1, 0.15) is 5.75 Å². The molecular weight excluding hydrogens is 564 g/mol. The van der Waals surface area contributed by atoms with E-state index in [0.29, 0.717) is 30.8 Å². The smallest absolute Gasteiger partial charge is 0.338 e. The molecule has 1 aromatic heterocycles. The summed E-state index contributed by atoms with van der Waals surface area (Å²) in [5.74, 6) is -0.517. The molecule has 3 aromatic rings. The number of thiazole rings is 1. The van der Waals surface area contributed by atoms with E-state index in [-0.39, 0.29) is 12.2 Å². The van der Waals surface area contributed by atoms with Crippen molar-refractivity contribution in [3.63, 3.8) is 0 Å². The van der Waals surface area contributed by atoms with Gasteiger partial charge in [-0.3, -0.25) is 14.2 Å². The van der Waals surface area contributed by atoms with Gasteiger partial charge >= 0.3 is 11.9 Å². The number of fused-ring (bicyclic) bond motifs is 1. The van der Waals surface area contributed by atoms with Crippen LogP contribution < -0.4 is 19.6 Å². The first-order valence-corrected chi connectivity index (χ1v) is 13.9.